The van der Waals surface area contributed by atoms with E-state index in [1.807, 2.05) is 0 Å². The predicted octanol–water partition coefficient (Wildman–Crippen LogP) is 2.00. The number of likely N-dealkylation sites (N-methyl/N-ethyl adjacent to an activating group) is 1. The van der Waals surface area contributed by atoms with Crippen LogP contribution in [0, 0.1) is 0 Å². The quantitative estimate of drug-likeness (QED) is 0.792. The lowest BCUT2D eigenvalue weighted by Crippen LogP contribution is -2.29. The Hall–Kier alpha value is -1.26. The predicted molar refractivity (Wildman–Crippen MR) is 85.5 cm³/mol. The highest BCUT2D eigenvalue weighted by molar-refractivity contribution is 5.63. The Labute approximate surface area is 127 Å². The van der Waals surface area contributed by atoms with E-state index >= 15 is 0 Å². The van der Waals surface area contributed by atoms with Gasteiger partial charge in [0.15, 0.2) is 0 Å². The Bertz CT molecular complexity index is 464. The van der Waals surface area contributed by atoms with Crippen molar-refractivity contribution in [1.29, 1.82) is 0 Å². The van der Waals surface area contributed by atoms with E-state index < -0.39 is 0 Å². The van der Waals surface area contributed by atoms with Gasteiger partial charge in [0.25, 0.3) is 0 Å². The van der Waals surface area contributed by atoms with Gasteiger partial charge in [0.05, 0.1) is 12.2 Å². The van der Waals surface area contributed by atoms with E-state index in [0.29, 0.717) is 0 Å². The number of benzene rings is 1. The molecule has 0 spiro atoms. The zero-order valence-corrected chi connectivity index (χ0v) is 13.0. The topological polar surface area (TPSA) is 33.7 Å². The fourth-order valence-electron chi connectivity index (χ4n) is 3.03. The van der Waals surface area contributed by atoms with Crippen LogP contribution < -0.4 is 15.0 Å². The molecule has 1 aromatic carbocycles. The third-order valence-corrected chi connectivity index (χ3v) is 4.35. The van der Waals surface area contributed by atoms with Crippen LogP contribution in [0.1, 0.15) is 24.0 Å². The Morgan fingerprint density at radius 3 is 2.38 bits per heavy atom. The number of hydrogen-bond donors (Lipinski definition) is 1. The molecule has 3 aliphatic rings. The fourth-order valence-corrected chi connectivity index (χ4v) is 3.03. The third-order valence-electron chi connectivity index (χ3n) is 4.35. The summed E-state index contributed by atoms with van der Waals surface area (Å²) in [5.74, 6) is 1.06. The van der Waals surface area contributed by atoms with Crippen molar-refractivity contribution in [2.24, 2.45) is 0 Å². The van der Waals surface area contributed by atoms with Crippen LogP contribution in [0.25, 0.3) is 0 Å². The molecule has 0 bridgehead atoms. The first-order valence-corrected chi connectivity index (χ1v) is 8.13. The van der Waals surface area contributed by atoms with Gasteiger partial charge in [-0.25, -0.2) is 0 Å². The lowest BCUT2D eigenvalue weighted by atomic mass is 10.0. The van der Waals surface area contributed by atoms with Gasteiger partial charge in [0.2, 0.25) is 0 Å². The number of rotatable bonds is 0. The van der Waals surface area contributed by atoms with Crippen molar-refractivity contribution in [2.75, 3.05) is 51.4 Å². The highest BCUT2D eigenvalue weighted by Gasteiger charge is 2.18. The van der Waals surface area contributed by atoms with Gasteiger partial charge in [-0.3, -0.25) is 0 Å². The van der Waals surface area contributed by atoms with Crippen molar-refractivity contribution in [1.82, 2.24) is 5.32 Å². The van der Waals surface area contributed by atoms with Crippen LogP contribution in [-0.4, -0.2) is 46.5 Å². The van der Waals surface area contributed by atoms with Gasteiger partial charge >= 0.3 is 0 Å². The molecule has 0 aromatic heterocycles. The second kappa shape index (κ2) is 7.14. The molecular weight excluding hydrogens is 264 g/mol. The molecule has 1 aromatic rings. The first-order valence-electron chi connectivity index (χ1n) is 8.13. The molecule has 0 saturated carbocycles. The summed E-state index contributed by atoms with van der Waals surface area (Å²) in [6.07, 6.45) is 4.81. The zero-order valence-electron chi connectivity index (χ0n) is 13.0. The molecule has 0 unspecified atom stereocenters. The number of anilines is 1. The summed E-state index contributed by atoms with van der Waals surface area (Å²) in [5, 5.41) is 3.44. The van der Waals surface area contributed by atoms with Crippen LogP contribution in [-0.2, 0) is 17.6 Å². The standard InChI is InChI=1S/C13H18N2O.C4H8O/c1-15-6-7-16-13-9-11-3-5-14-4-2-10(11)8-12(13)15;1-2-4-5-3-1/h8-9,14H,2-7H2,1H3;1-4H2. The molecule has 0 amide bonds. The van der Waals surface area contributed by atoms with Gasteiger partial charge in [-0.15, -0.1) is 0 Å². The zero-order chi connectivity index (χ0) is 14.5. The highest BCUT2D eigenvalue weighted by Crippen LogP contribution is 2.34. The maximum absolute atomic E-state index is 5.74. The van der Waals surface area contributed by atoms with Gasteiger partial charge in [-0.1, -0.05) is 0 Å². The number of hydrogen-bond acceptors (Lipinski definition) is 4. The molecule has 3 heterocycles. The molecule has 4 heteroatoms. The number of nitrogens with one attached hydrogen (secondary N) is 1. The minimum atomic E-state index is 0.806. The first kappa shape index (κ1) is 14.7. The van der Waals surface area contributed by atoms with Gasteiger partial charge in [0, 0.05) is 20.3 Å². The van der Waals surface area contributed by atoms with E-state index in [0.717, 1.165) is 58.0 Å². The van der Waals surface area contributed by atoms with Gasteiger partial charge < -0.3 is 19.7 Å². The van der Waals surface area contributed by atoms with Crippen LogP contribution in [0.4, 0.5) is 5.69 Å². The van der Waals surface area contributed by atoms with E-state index in [1.54, 1.807) is 0 Å². The third kappa shape index (κ3) is 3.69. The summed E-state index contributed by atoms with van der Waals surface area (Å²) < 4.78 is 10.7. The summed E-state index contributed by atoms with van der Waals surface area (Å²) >= 11 is 0. The van der Waals surface area contributed by atoms with Gasteiger partial charge in [-0.2, -0.15) is 0 Å². The van der Waals surface area contributed by atoms with Gasteiger partial charge in [0.1, 0.15) is 12.4 Å². The van der Waals surface area contributed by atoms with E-state index in [4.69, 9.17) is 9.47 Å². The normalized spacial score (nSPS) is 20.5. The van der Waals surface area contributed by atoms with E-state index in [1.165, 1.54) is 29.7 Å². The van der Waals surface area contributed by atoms with Crippen LogP contribution >= 0.6 is 0 Å². The molecule has 3 aliphatic heterocycles. The summed E-state index contributed by atoms with van der Waals surface area (Å²) in [5.41, 5.74) is 4.20. The van der Waals surface area contributed by atoms with Crippen LogP contribution in [0.2, 0.25) is 0 Å². The van der Waals surface area contributed by atoms with E-state index in [9.17, 15) is 0 Å². The van der Waals surface area contributed by atoms with Crippen molar-refractivity contribution < 1.29 is 9.47 Å². The monoisotopic (exact) mass is 290 g/mol. The SMILES string of the molecule is C1CCOC1.CN1CCOc2cc3c(cc21)CCNCC3. The van der Waals surface area contributed by atoms with E-state index in [2.05, 4.69) is 29.4 Å². The van der Waals surface area contributed by atoms with Crippen molar-refractivity contribution in [2.45, 2.75) is 25.7 Å². The van der Waals surface area contributed by atoms with Gasteiger partial charge in [-0.05, 0) is 62.0 Å². The second-order valence-corrected chi connectivity index (χ2v) is 5.93. The Balaban J connectivity index is 0.000000225. The molecule has 1 fully saturated rings. The van der Waals surface area contributed by atoms with Crippen LogP contribution in [0.5, 0.6) is 5.75 Å². The molecule has 4 nitrogen and oxygen atoms in total. The van der Waals surface area contributed by atoms with Crippen molar-refractivity contribution in [3.63, 3.8) is 0 Å². The van der Waals surface area contributed by atoms with Crippen molar-refractivity contribution in [3.8, 4) is 5.75 Å². The number of ether oxygens (including phenoxy) is 2. The first-order chi connectivity index (χ1) is 10.3. The van der Waals surface area contributed by atoms with Crippen LogP contribution in [0.15, 0.2) is 12.1 Å². The summed E-state index contributed by atoms with van der Waals surface area (Å²) in [7, 11) is 2.14. The second-order valence-electron chi connectivity index (χ2n) is 5.93. The molecule has 0 atom stereocenters. The maximum atomic E-state index is 5.74. The lowest BCUT2D eigenvalue weighted by Gasteiger charge is -2.29. The minimum absolute atomic E-state index is 0.806. The summed E-state index contributed by atoms with van der Waals surface area (Å²) in [6.45, 7) is 5.97. The molecular formula is C17H26N2O2. The summed E-state index contributed by atoms with van der Waals surface area (Å²) in [4.78, 5) is 2.29. The average Bonchev–Trinajstić information content (AvgIpc) is 3.00. The molecule has 0 radical (unpaired) electrons. The molecule has 116 valence electrons. The van der Waals surface area contributed by atoms with Crippen LogP contribution in [0.3, 0.4) is 0 Å². The molecule has 1 N–H and O–H groups in total. The Morgan fingerprint density at radius 1 is 1.00 bits per heavy atom. The Kier molecular flexibility index (Phi) is 4.99. The van der Waals surface area contributed by atoms with Crippen molar-refractivity contribution in [3.05, 3.63) is 23.3 Å². The maximum Gasteiger partial charge on any atom is 0.142 e. The molecule has 1 saturated heterocycles. The Morgan fingerprint density at radius 2 is 1.71 bits per heavy atom. The fraction of sp³-hybridized carbons (Fsp3) is 0.647. The molecule has 0 aliphatic carbocycles. The smallest absolute Gasteiger partial charge is 0.142 e. The largest absolute Gasteiger partial charge is 0.490 e. The average molecular weight is 290 g/mol. The summed E-state index contributed by atoms with van der Waals surface area (Å²) in [6, 6.07) is 4.56. The molecule has 21 heavy (non-hydrogen) atoms. The van der Waals surface area contributed by atoms with E-state index in [-0.39, 0.29) is 0 Å². The number of fused-ring (bicyclic) bond motifs is 2. The van der Waals surface area contributed by atoms with Crippen molar-refractivity contribution >= 4 is 5.69 Å². The number of nitrogens with zero attached hydrogens (tertiary/aromatic N) is 1. The minimum Gasteiger partial charge on any atom is -0.490 e. The highest BCUT2D eigenvalue weighted by atomic mass is 16.5. The molecule has 4 rings (SSSR count). The lowest BCUT2D eigenvalue weighted by molar-refractivity contribution is 0.198.